The van der Waals surface area contributed by atoms with Gasteiger partial charge in [0, 0.05) is 0 Å². The highest BCUT2D eigenvalue weighted by atomic mass is 32.2. The fraction of sp³-hybridized carbons (Fsp3) is 0.278. The molecule has 2 rings (SSSR count). The molecule has 2 aromatic rings. The average molecular weight is 363 g/mol. The van der Waals surface area contributed by atoms with Gasteiger partial charge in [-0.15, -0.1) is 0 Å². The molecular weight excluding hydrogens is 342 g/mol. The van der Waals surface area contributed by atoms with Gasteiger partial charge in [-0.1, -0.05) is 32.0 Å². The first kappa shape index (κ1) is 19.0. The molecule has 2 aromatic carbocycles. The van der Waals surface area contributed by atoms with Gasteiger partial charge in [-0.2, -0.15) is 4.72 Å². The summed E-state index contributed by atoms with van der Waals surface area (Å²) in [4.78, 5) is 11.2. The third kappa shape index (κ3) is 4.80. The SMILES string of the molecule is Cc1ccccc1Oc1ccc(S(=O)(=O)NC(C(=O)O)C(C)C)cc1. The number of nitrogens with one attached hydrogen (secondary N) is 1. The van der Waals surface area contributed by atoms with E-state index in [1.54, 1.807) is 13.8 Å². The van der Waals surface area contributed by atoms with E-state index in [2.05, 4.69) is 4.72 Å². The Labute approximate surface area is 147 Å². The molecule has 1 unspecified atom stereocenters. The first-order chi connectivity index (χ1) is 11.7. The van der Waals surface area contributed by atoms with Crippen molar-refractivity contribution in [3.63, 3.8) is 0 Å². The highest BCUT2D eigenvalue weighted by molar-refractivity contribution is 7.89. The van der Waals surface area contributed by atoms with Crippen LogP contribution >= 0.6 is 0 Å². The van der Waals surface area contributed by atoms with E-state index in [1.807, 2.05) is 31.2 Å². The predicted octanol–water partition coefficient (Wildman–Crippen LogP) is 3.17. The van der Waals surface area contributed by atoms with Gasteiger partial charge in [0.25, 0.3) is 0 Å². The van der Waals surface area contributed by atoms with E-state index in [0.29, 0.717) is 11.5 Å². The molecule has 0 bridgehead atoms. The molecule has 0 aliphatic heterocycles. The average Bonchev–Trinajstić information content (AvgIpc) is 2.55. The summed E-state index contributed by atoms with van der Waals surface area (Å²) < 4.78 is 32.7. The number of rotatable bonds is 7. The van der Waals surface area contributed by atoms with Crippen molar-refractivity contribution in [1.29, 1.82) is 0 Å². The summed E-state index contributed by atoms with van der Waals surface area (Å²) in [6.45, 7) is 5.19. The van der Waals surface area contributed by atoms with Gasteiger partial charge in [0.15, 0.2) is 0 Å². The van der Waals surface area contributed by atoms with Crippen molar-refractivity contribution in [2.45, 2.75) is 31.7 Å². The van der Waals surface area contributed by atoms with Crippen LogP contribution in [0.25, 0.3) is 0 Å². The summed E-state index contributed by atoms with van der Waals surface area (Å²) in [5, 5.41) is 9.14. The number of benzene rings is 2. The molecule has 0 amide bonds. The third-order valence-corrected chi connectivity index (χ3v) is 5.13. The van der Waals surface area contributed by atoms with E-state index in [4.69, 9.17) is 9.84 Å². The second-order valence-corrected chi connectivity index (χ2v) is 7.73. The fourth-order valence-corrected chi connectivity index (χ4v) is 3.53. The van der Waals surface area contributed by atoms with Crippen molar-refractivity contribution >= 4 is 16.0 Å². The molecule has 2 N–H and O–H groups in total. The summed E-state index contributed by atoms with van der Waals surface area (Å²) in [7, 11) is -3.93. The lowest BCUT2D eigenvalue weighted by Gasteiger charge is -2.18. The number of carbonyl (C=O) groups is 1. The van der Waals surface area contributed by atoms with Gasteiger partial charge in [-0.25, -0.2) is 8.42 Å². The molecule has 0 aliphatic carbocycles. The first-order valence-corrected chi connectivity index (χ1v) is 9.27. The van der Waals surface area contributed by atoms with Crippen molar-refractivity contribution < 1.29 is 23.1 Å². The van der Waals surface area contributed by atoms with E-state index in [9.17, 15) is 13.2 Å². The molecule has 134 valence electrons. The van der Waals surface area contributed by atoms with Gasteiger partial charge in [-0.3, -0.25) is 4.79 Å². The Hall–Kier alpha value is -2.38. The highest BCUT2D eigenvalue weighted by Gasteiger charge is 2.27. The van der Waals surface area contributed by atoms with Gasteiger partial charge in [0.05, 0.1) is 4.90 Å². The van der Waals surface area contributed by atoms with E-state index in [-0.39, 0.29) is 10.8 Å². The lowest BCUT2D eigenvalue weighted by Crippen LogP contribution is -2.44. The van der Waals surface area contributed by atoms with Crippen LogP contribution in [0.4, 0.5) is 0 Å². The molecule has 0 saturated carbocycles. The van der Waals surface area contributed by atoms with Crippen LogP contribution in [-0.4, -0.2) is 25.5 Å². The Kier molecular flexibility index (Phi) is 5.81. The molecule has 0 aliphatic rings. The van der Waals surface area contributed by atoms with Gasteiger partial charge in [-0.05, 0) is 48.7 Å². The minimum Gasteiger partial charge on any atom is -0.480 e. The topological polar surface area (TPSA) is 92.7 Å². The van der Waals surface area contributed by atoms with Crippen molar-refractivity contribution in [3.05, 3.63) is 54.1 Å². The van der Waals surface area contributed by atoms with Crippen molar-refractivity contribution in [1.82, 2.24) is 4.72 Å². The zero-order chi connectivity index (χ0) is 18.6. The molecule has 0 saturated heterocycles. The number of carboxylic acid groups (broad SMARTS) is 1. The molecule has 1 atom stereocenters. The van der Waals surface area contributed by atoms with Crippen LogP contribution in [0, 0.1) is 12.8 Å². The number of sulfonamides is 1. The summed E-state index contributed by atoms with van der Waals surface area (Å²) in [6.07, 6.45) is 0. The number of hydrogen-bond acceptors (Lipinski definition) is 4. The van der Waals surface area contributed by atoms with E-state index in [0.717, 1.165) is 5.56 Å². The molecule has 7 heteroatoms. The van der Waals surface area contributed by atoms with E-state index < -0.39 is 22.0 Å². The number of hydrogen-bond donors (Lipinski definition) is 2. The minimum absolute atomic E-state index is 0.0171. The summed E-state index contributed by atoms with van der Waals surface area (Å²) in [5.74, 6) is -0.414. The number of carboxylic acids is 1. The van der Waals surface area contributed by atoms with Crippen LogP contribution in [0.3, 0.4) is 0 Å². The fourth-order valence-electron chi connectivity index (χ4n) is 2.19. The van der Waals surface area contributed by atoms with E-state index >= 15 is 0 Å². The van der Waals surface area contributed by atoms with Crippen LogP contribution in [0.15, 0.2) is 53.4 Å². The lowest BCUT2D eigenvalue weighted by molar-refractivity contribution is -0.140. The van der Waals surface area contributed by atoms with Gasteiger partial charge in [0.1, 0.15) is 17.5 Å². The first-order valence-electron chi connectivity index (χ1n) is 7.79. The molecule has 25 heavy (non-hydrogen) atoms. The number of para-hydroxylation sites is 1. The number of aryl methyl sites for hydroxylation is 1. The van der Waals surface area contributed by atoms with Gasteiger partial charge in [0.2, 0.25) is 10.0 Å². The maximum absolute atomic E-state index is 12.4. The standard InChI is InChI=1S/C18H21NO5S/c1-12(2)17(18(20)21)19-25(22,23)15-10-8-14(9-11-15)24-16-7-5-4-6-13(16)3/h4-12,17,19H,1-3H3,(H,20,21). The maximum atomic E-state index is 12.4. The monoisotopic (exact) mass is 363 g/mol. The zero-order valence-corrected chi connectivity index (χ0v) is 15.1. The molecule has 0 radical (unpaired) electrons. The second-order valence-electron chi connectivity index (χ2n) is 6.02. The maximum Gasteiger partial charge on any atom is 0.322 e. The summed E-state index contributed by atoms with van der Waals surface area (Å²) in [6, 6.07) is 12.1. The van der Waals surface area contributed by atoms with Crippen LogP contribution in [0.2, 0.25) is 0 Å². The Balaban J connectivity index is 2.18. The lowest BCUT2D eigenvalue weighted by atomic mass is 10.1. The van der Waals surface area contributed by atoms with E-state index in [1.165, 1.54) is 24.3 Å². The van der Waals surface area contributed by atoms with Crippen molar-refractivity contribution in [2.24, 2.45) is 5.92 Å². The summed E-state index contributed by atoms with van der Waals surface area (Å²) in [5.41, 5.74) is 0.960. The van der Waals surface area contributed by atoms with Crippen LogP contribution < -0.4 is 9.46 Å². The summed E-state index contributed by atoms with van der Waals surface area (Å²) >= 11 is 0. The second kappa shape index (κ2) is 7.67. The largest absolute Gasteiger partial charge is 0.480 e. The Morgan fingerprint density at radius 3 is 2.20 bits per heavy atom. The molecule has 0 aromatic heterocycles. The third-order valence-electron chi connectivity index (χ3n) is 3.67. The van der Waals surface area contributed by atoms with Crippen LogP contribution in [0.5, 0.6) is 11.5 Å². The van der Waals surface area contributed by atoms with Crippen molar-refractivity contribution in [3.8, 4) is 11.5 Å². The quantitative estimate of drug-likeness (QED) is 0.788. The Morgan fingerprint density at radius 2 is 1.68 bits per heavy atom. The van der Waals surface area contributed by atoms with Gasteiger partial charge >= 0.3 is 5.97 Å². The normalized spacial score (nSPS) is 12.8. The molecule has 0 spiro atoms. The smallest absolute Gasteiger partial charge is 0.322 e. The molecule has 0 fully saturated rings. The molecule has 0 heterocycles. The van der Waals surface area contributed by atoms with Crippen molar-refractivity contribution in [2.75, 3.05) is 0 Å². The minimum atomic E-state index is -3.93. The van der Waals surface area contributed by atoms with Gasteiger partial charge < -0.3 is 9.84 Å². The Bertz CT molecular complexity index is 844. The predicted molar refractivity (Wildman–Crippen MR) is 94.3 cm³/mol. The van der Waals surface area contributed by atoms with Crippen LogP contribution in [0.1, 0.15) is 19.4 Å². The Morgan fingerprint density at radius 1 is 1.08 bits per heavy atom. The molecule has 6 nitrogen and oxygen atoms in total. The van der Waals surface area contributed by atoms with Crippen LogP contribution in [-0.2, 0) is 14.8 Å². The number of ether oxygens (including phenoxy) is 1. The number of aliphatic carboxylic acids is 1. The zero-order valence-electron chi connectivity index (χ0n) is 14.3. The highest BCUT2D eigenvalue weighted by Crippen LogP contribution is 2.25. The molecular formula is C18H21NO5S.